The fraction of sp³-hybridized carbons (Fsp3) is 0.462. The zero-order valence-electron chi connectivity index (χ0n) is 10.7. The summed E-state index contributed by atoms with van der Waals surface area (Å²) in [6.45, 7) is 6.18. The molecule has 96 valence electrons. The monoisotopic (exact) mass is 275 g/mol. The first kappa shape index (κ1) is 16.4. The first-order valence-corrected chi connectivity index (χ1v) is 6.42. The SMILES string of the molecule is CC.CNCC(C(C)=O)c1ccc(Cl)c(Cl)c1. The lowest BCUT2D eigenvalue weighted by Gasteiger charge is -2.14. The van der Waals surface area contributed by atoms with Gasteiger partial charge < -0.3 is 5.32 Å². The lowest BCUT2D eigenvalue weighted by molar-refractivity contribution is -0.118. The van der Waals surface area contributed by atoms with Crippen molar-refractivity contribution in [2.75, 3.05) is 13.6 Å². The number of hydrogen-bond donors (Lipinski definition) is 1. The molecule has 0 aliphatic carbocycles. The Morgan fingerprint density at radius 3 is 2.29 bits per heavy atom. The number of rotatable bonds is 4. The average Bonchev–Trinajstić information content (AvgIpc) is 2.32. The molecule has 0 aliphatic heterocycles. The molecule has 0 saturated carbocycles. The van der Waals surface area contributed by atoms with Gasteiger partial charge in [0.25, 0.3) is 0 Å². The van der Waals surface area contributed by atoms with Gasteiger partial charge in [-0.3, -0.25) is 4.79 Å². The number of carbonyl (C=O) groups is 1. The molecule has 1 N–H and O–H groups in total. The minimum atomic E-state index is -0.162. The summed E-state index contributed by atoms with van der Waals surface area (Å²) in [7, 11) is 1.81. The smallest absolute Gasteiger partial charge is 0.138 e. The molecule has 17 heavy (non-hydrogen) atoms. The van der Waals surface area contributed by atoms with Crippen LogP contribution in [0.2, 0.25) is 10.0 Å². The van der Waals surface area contributed by atoms with Gasteiger partial charge in [0.05, 0.1) is 16.0 Å². The highest BCUT2D eigenvalue weighted by atomic mass is 35.5. The molecule has 0 amide bonds. The molecule has 0 heterocycles. The largest absolute Gasteiger partial charge is 0.319 e. The third kappa shape index (κ3) is 5.07. The van der Waals surface area contributed by atoms with Crippen molar-refractivity contribution in [1.29, 1.82) is 0 Å². The average molecular weight is 276 g/mol. The molecular formula is C13H19Cl2NO. The van der Waals surface area contributed by atoms with Crippen LogP contribution in [0.5, 0.6) is 0 Å². The van der Waals surface area contributed by atoms with Crippen LogP contribution in [0.3, 0.4) is 0 Å². The van der Waals surface area contributed by atoms with Crippen LogP contribution in [-0.4, -0.2) is 19.4 Å². The summed E-state index contributed by atoms with van der Waals surface area (Å²) < 4.78 is 0. The Kier molecular flexibility index (Phi) is 8.23. The maximum absolute atomic E-state index is 11.4. The van der Waals surface area contributed by atoms with Crippen LogP contribution in [0.25, 0.3) is 0 Å². The van der Waals surface area contributed by atoms with Crippen LogP contribution in [-0.2, 0) is 4.79 Å². The lowest BCUT2D eigenvalue weighted by atomic mass is 9.95. The summed E-state index contributed by atoms with van der Waals surface area (Å²) in [6.07, 6.45) is 0. The van der Waals surface area contributed by atoms with Crippen LogP contribution < -0.4 is 5.32 Å². The van der Waals surface area contributed by atoms with Gasteiger partial charge in [-0.05, 0) is 31.7 Å². The van der Waals surface area contributed by atoms with E-state index in [2.05, 4.69) is 5.32 Å². The second-order valence-electron chi connectivity index (χ2n) is 3.39. The zero-order chi connectivity index (χ0) is 13.4. The molecular weight excluding hydrogens is 257 g/mol. The summed E-state index contributed by atoms with van der Waals surface area (Å²) in [5.41, 5.74) is 0.895. The standard InChI is InChI=1S/C11H13Cl2NO.C2H6/c1-7(15)9(6-14-2)8-3-4-10(12)11(13)5-8;1-2/h3-5,9,14H,6H2,1-2H3;1-2H3. The van der Waals surface area contributed by atoms with Gasteiger partial charge in [0.15, 0.2) is 0 Å². The van der Waals surface area contributed by atoms with Gasteiger partial charge in [-0.25, -0.2) is 0 Å². The van der Waals surface area contributed by atoms with Crippen LogP contribution in [0.1, 0.15) is 32.3 Å². The second kappa shape index (κ2) is 8.51. The molecule has 0 radical (unpaired) electrons. The van der Waals surface area contributed by atoms with E-state index in [1.807, 2.05) is 27.0 Å². The predicted molar refractivity (Wildman–Crippen MR) is 75.2 cm³/mol. The fourth-order valence-corrected chi connectivity index (χ4v) is 1.74. The predicted octanol–water partition coefficient (Wildman–Crippen LogP) is 3.91. The molecule has 1 aromatic carbocycles. The van der Waals surface area contributed by atoms with Crippen molar-refractivity contribution >= 4 is 29.0 Å². The molecule has 1 unspecified atom stereocenters. The molecule has 0 bridgehead atoms. The summed E-state index contributed by atoms with van der Waals surface area (Å²) in [5.74, 6) is -0.0486. The highest BCUT2D eigenvalue weighted by Crippen LogP contribution is 2.26. The first-order valence-electron chi connectivity index (χ1n) is 5.66. The van der Waals surface area contributed by atoms with Crippen LogP contribution in [0.15, 0.2) is 18.2 Å². The van der Waals surface area contributed by atoms with E-state index in [9.17, 15) is 4.79 Å². The quantitative estimate of drug-likeness (QED) is 0.903. The van der Waals surface area contributed by atoms with Gasteiger partial charge in [-0.2, -0.15) is 0 Å². The second-order valence-corrected chi connectivity index (χ2v) is 4.21. The van der Waals surface area contributed by atoms with Gasteiger partial charge >= 0.3 is 0 Å². The number of halogens is 2. The van der Waals surface area contributed by atoms with Gasteiger partial charge in [0.2, 0.25) is 0 Å². The molecule has 0 fully saturated rings. The number of nitrogens with one attached hydrogen (secondary N) is 1. The summed E-state index contributed by atoms with van der Waals surface area (Å²) in [5, 5.41) is 3.97. The van der Waals surface area contributed by atoms with Gasteiger partial charge in [0, 0.05) is 6.54 Å². The van der Waals surface area contributed by atoms with Crippen LogP contribution >= 0.6 is 23.2 Å². The van der Waals surface area contributed by atoms with Crippen molar-refractivity contribution in [3.63, 3.8) is 0 Å². The molecule has 0 aliphatic rings. The Hall–Kier alpha value is -0.570. The van der Waals surface area contributed by atoms with Crippen molar-refractivity contribution in [3.05, 3.63) is 33.8 Å². The Morgan fingerprint density at radius 1 is 1.29 bits per heavy atom. The van der Waals surface area contributed by atoms with Crippen molar-refractivity contribution < 1.29 is 4.79 Å². The van der Waals surface area contributed by atoms with Gasteiger partial charge in [-0.1, -0.05) is 43.1 Å². The van der Waals surface area contributed by atoms with Crippen LogP contribution in [0.4, 0.5) is 0 Å². The van der Waals surface area contributed by atoms with E-state index in [-0.39, 0.29) is 11.7 Å². The highest BCUT2D eigenvalue weighted by Gasteiger charge is 2.16. The maximum Gasteiger partial charge on any atom is 0.138 e. The number of carbonyl (C=O) groups excluding carboxylic acids is 1. The van der Waals surface area contributed by atoms with E-state index in [4.69, 9.17) is 23.2 Å². The van der Waals surface area contributed by atoms with E-state index < -0.39 is 0 Å². The molecule has 4 heteroatoms. The van der Waals surface area contributed by atoms with Crippen LogP contribution in [0, 0.1) is 0 Å². The normalized spacial score (nSPS) is 11.4. The van der Waals surface area contributed by atoms with Gasteiger partial charge in [0.1, 0.15) is 5.78 Å². The maximum atomic E-state index is 11.4. The van der Waals surface area contributed by atoms with Crippen molar-refractivity contribution in [2.24, 2.45) is 0 Å². The van der Waals surface area contributed by atoms with E-state index >= 15 is 0 Å². The Balaban J connectivity index is 0.00000121. The molecule has 0 spiro atoms. The number of likely N-dealkylation sites (N-methyl/N-ethyl adjacent to an activating group) is 1. The van der Waals surface area contributed by atoms with Crippen molar-refractivity contribution in [3.8, 4) is 0 Å². The first-order chi connectivity index (χ1) is 8.06. The van der Waals surface area contributed by atoms with Crippen molar-refractivity contribution in [2.45, 2.75) is 26.7 Å². The topological polar surface area (TPSA) is 29.1 Å². The Bertz CT molecular complexity index is 366. The van der Waals surface area contributed by atoms with E-state index in [0.29, 0.717) is 16.6 Å². The lowest BCUT2D eigenvalue weighted by Crippen LogP contribution is -2.22. The molecule has 0 aromatic heterocycles. The molecule has 1 rings (SSSR count). The summed E-state index contributed by atoms with van der Waals surface area (Å²) >= 11 is 11.7. The third-order valence-electron chi connectivity index (χ3n) is 2.24. The Morgan fingerprint density at radius 2 is 1.88 bits per heavy atom. The number of ketones is 1. The minimum absolute atomic E-state index is 0.114. The Labute approximate surface area is 113 Å². The third-order valence-corrected chi connectivity index (χ3v) is 2.98. The number of benzene rings is 1. The molecule has 0 saturated heterocycles. The van der Waals surface area contributed by atoms with E-state index in [1.165, 1.54) is 0 Å². The zero-order valence-corrected chi connectivity index (χ0v) is 12.2. The fourth-order valence-electron chi connectivity index (χ4n) is 1.43. The number of Topliss-reactive ketones (excluding diaryl/α,β-unsaturated/α-hetero) is 1. The molecule has 2 nitrogen and oxygen atoms in total. The van der Waals surface area contributed by atoms with E-state index in [1.54, 1.807) is 19.1 Å². The minimum Gasteiger partial charge on any atom is -0.319 e. The van der Waals surface area contributed by atoms with Gasteiger partial charge in [-0.15, -0.1) is 0 Å². The van der Waals surface area contributed by atoms with Crippen molar-refractivity contribution in [1.82, 2.24) is 5.32 Å². The molecule has 1 atom stereocenters. The highest BCUT2D eigenvalue weighted by molar-refractivity contribution is 6.42. The van der Waals surface area contributed by atoms with E-state index in [0.717, 1.165) is 5.56 Å². The molecule has 1 aromatic rings. The summed E-state index contributed by atoms with van der Waals surface area (Å²) in [6, 6.07) is 5.29. The number of hydrogen-bond acceptors (Lipinski definition) is 2. The summed E-state index contributed by atoms with van der Waals surface area (Å²) in [4.78, 5) is 11.4.